The number of pyridine rings is 1. The Bertz CT molecular complexity index is 1830. The molecule has 2 saturated heterocycles. The van der Waals surface area contributed by atoms with Gasteiger partial charge < -0.3 is 19.3 Å². The number of methoxy groups -OCH3 is 1. The van der Waals surface area contributed by atoms with Gasteiger partial charge in [-0.15, -0.1) is 0 Å². The van der Waals surface area contributed by atoms with Crippen LogP contribution in [0.4, 0.5) is 4.79 Å². The molecule has 0 bridgehead atoms. The zero-order valence-electron chi connectivity index (χ0n) is 32.8. The second-order valence-electron chi connectivity index (χ2n) is 16.4. The van der Waals surface area contributed by atoms with Crippen molar-refractivity contribution in [3.8, 4) is 5.75 Å². The lowest BCUT2D eigenvalue weighted by Gasteiger charge is -2.47. The number of amidine groups is 1. The van der Waals surface area contributed by atoms with E-state index in [9.17, 15) is 4.79 Å². The number of hydrogen-bond acceptors (Lipinski definition) is 6. The van der Waals surface area contributed by atoms with Gasteiger partial charge in [0.25, 0.3) is 0 Å². The topological polar surface area (TPSA) is 87.6 Å². The van der Waals surface area contributed by atoms with Gasteiger partial charge in [-0.05, 0) is 93.7 Å². The van der Waals surface area contributed by atoms with Gasteiger partial charge in [0.15, 0.2) is 0 Å². The second kappa shape index (κ2) is 16.2. The molecule has 9 nitrogen and oxygen atoms in total. The van der Waals surface area contributed by atoms with Crippen LogP contribution in [0.3, 0.4) is 0 Å². The van der Waals surface area contributed by atoms with Crippen molar-refractivity contribution in [2.75, 3.05) is 46.5 Å². The third-order valence-electron chi connectivity index (χ3n) is 11.8. The third-order valence-corrected chi connectivity index (χ3v) is 12.3. The number of nitrogens with zero attached hydrogens (tertiary/aromatic N) is 5. The van der Waals surface area contributed by atoms with Gasteiger partial charge in [-0.25, -0.2) is 4.79 Å². The highest BCUT2D eigenvalue weighted by Crippen LogP contribution is 2.54. The van der Waals surface area contributed by atoms with Crippen LogP contribution in [0.5, 0.6) is 5.75 Å². The number of rotatable bonds is 9. The lowest BCUT2D eigenvalue weighted by atomic mass is 9.71. The Kier molecular flexibility index (Phi) is 12.0. The molecule has 2 atom stereocenters. The summed E-state index contributed by atoms with van der Waals surface area (Å²) in [6, 6.07) is 17.2. The van der Waals surface area contributed by atoms with Crippen molar-refractivity contribution >= 4 is 41.0 Å². The molecule has 0 N–H and O–H groups in total. The van der Waals surface area contributed by atoms with Crippen LogP contribution in [0.25, 0.3) is 0 Å². The van der Waals surface area contributed by atoms with Crippen LogP contribution in [0.15, 0.2) is 65.8 Å². The maximum atomic E-state index is 15.3. The summed E-state index contributed by atoms with van der Waals surface area (Å²) in [4.78, 5) is 45.0. The molecule has 3 amide bonds. The highest BCUT2D eigenvalue weighted by molar-refractivity contribution is 6.30. The average molecular weight is 777 g/mol. The van der Waals surface area contributed by atoms with Crippen molar-refractivity contribution in [1.29, 1.82) is 0 Å². The minimum absolute atomic E-state index is 0.156. The first-order valence-corrected chi connectivity index (χ1v) is 20.1. The summed E-state index contributed by atoms with van der Waals surface area (Å²) in [5.74, 6) is 2.06. The first-order chi connectivity index (χ1) is 25.7. The number of hydrogen-bond donors (Lipinski definition) is 0. The smallest absolute Gasteiger partial charge is 0.326 e. The maximum Gasteiger partial charge on any atom is 0.326 e. The number of aliphatic imine (C=N–C) groups is 1. The van der Waals surface area contributed by atoms with E-state index in [0.717, 1.165) is 62.2 Å². The summed E-state index contributed by atoms with van der Waals surface area (Å²) in [5, 5.41) is 1.22. The quantitative estimate of drug-likeness (QED) is 0.217. The molecule has 2 fully saturated rings. The van der Waals surface area contributed by atoms with Gasteiger partial charge in [0, 0.05) is 79.7 Å². The fourth-order valence-corrected chi connectivity index (χ4v) is 8.54. The highest BCUT2D eigenvalue weighted by atomic mass is 35.5. The first kappa shape index (κ1) is 40.0. The molecule has 6 rings (SSSR count). The van der Waals surface area contributed by atoms with Crippen molar-refractivity contribution < 1.29 is 19.1 Å². The Morgan fingerprint density at radius 2 is 1.41 bits per heavy atom. The maximum absolute atomic E-state index is 15.3. The number of aromatic nitrogens is 1. The summed E-state index contributed by atoms with van der Waals surface area (Å²) in [5.41, 5.74) is 1.09. The number of likely N-dealkylation sites (tertiary alicyclic amines) is 2. The highest BCUT2D eigenvalue weighted by Gasteiger charge is 2.60. The fourth-order valence-electron chi connectivity index (χ4n) is 8.29. The summed E-state index contributed by atoms with van der Waals surface area (Å²) in [7, 11) is 1.74. The molecule has 3 aliphatic rings. The molecule has 0 spiro atoms. The molecule has 3 aromatic rings. The SMILES string of the molecule is CCOc1cc(C(C)(C)C)ncc1C1=N[C@@](C)(c2ccc(Cl)cc2)[C@@](C)(c2ccc(Cl)cc2)N1C(=O)N1CCC(CC(=O)N2CCC(COC)CC2)CC1. The van der Waals surface area contributed by atoms with E-state index in [0.29, 0.717) is 59.2 Å². The van der Waals surface area contributed by atoms with Crippen LogP contribution < -0.4 is 4.74 Å². The van der Waals surface area contributed by atoms with Crippen LogP contribution in [-0.4, -0.2) is 84.0 Å². The fraction of sp³-hybridized carbons (Fsp3) is 0.535. The van der Waals surface area contributed by atoms with Crippen molar-refractivity contribution in [1.82, 2.24) is 19.7 Å². The van der Waals surface area contributed by atoms with Crippen LogP contribution in [0.2, 0.25) is 10.0 Å². The summed E-state index contributed by atoms with van der Waals surface area (Å²) >= 11 is 12.9. The summed E-state index contributed by atoms with van der Waals surface area (Å²) in [6.07, 6.45) is 5.76. The van der Waals surface area contributed by atoms with Crippen molar-refractivity contribution in [3.05, 3.63) is 93.2 Å². The van der Waals surface area contributed by atoms with Gasteiger partial charge in [-0.2, -0.15) is 0 Å². The van der Waals surface area contributed by atoms with Crippen molar-refractivity contribution in [2.45, 2.75) is 90.1 Å². The van der Waals surface area contributed by atoms with Gasteiger partial charge in [-0.1, -0.05) is 68.2 Å². The Balaban J connectivity index is 1.37. The van der Waals surface area contributed by atoms with Gasteiger partial charge >= 0.3 is 6.03 Å². The number of amides is 3. The first-order valence-electron chi connectivity index (χ1n) is 19.3. The number of ether oxygens (including phenoxy) is 2. The Morgan fingerprint density at radius 3 is 1.96 bits per heavy atom. The molecule has 4 heterocycles. The molecular weight excluding hydrogens is 721 g/mol. The zero-order chi connectivity index (χ0) is 38.8. The molecule has 54 heavy (non-hydrogen) atoms. The van der Waals surface area contributed by atoms with Crippen molar-refractivity contribution in [2.24, 2.45) is 16.8 Å². The van der Waals surface area contributed by atoms with E-state index in [2.05, 4.69) is 34.6 Å². The minimum atomic E-state index is -1.02. The molecule has 0 aliphatic carbocycles. The van der Waals surface area contributed by atoms with Crippen LogP contribution in [0.1, 0.15) is 96.0 Å². The monoisotopic (exact) mass is 775 g/mol. The molecular formula is C43H55Cl2N5O4. The van der Waals surface area contributed by atoms with Gasteiger partial charge in [0.05, 0.1) is 12.2 Å². The number of urea groups is 1. The minimum Gasteiger partial charge on any atom is -0.493 e. The molecule has 0 unspecified atom stereocenters. The average Bonchev–Trinajstić information content (AvgIpc) is 3.39. The number of carbonyl (C=O) groups excluding carboxylic acids is 2. The summed E-state index contributed by atoms with van der Waals surface area (Å²) < 4.78 is 11.7. The normalized spacial score (nSPS) is 22.8. The predicted octanol–water partition coefficient (Wildman–Crippen LogP) is 9.08. The van der Waals surface area contributed by atoms with E-state index >= 15 is 4.79 Å². The molecule has 3 aliphatic heterocycles. The summed E-state index contributed by atoms with van der Waals surface area (Å²) in [6.45, 7) is 16.3. The Morgan fingerprint density at radius 1 is 0.852 bits per heavy atom. The Labute approximate surface area is 331 Å². The molecule has 0 saturated carbocycles. The van der Waals surface area contributed by atoms with E-state index in [-0.39, 0.29) is 23.3 Å². The van der Waals surface area contributed by atoms with Crippen LogP contribution in [-0.2, 0) is 26.0 Å². The lowest BCUT2D eigenvalue weighted by Crippen LogP contribution is -2.59. The van der Waals surface area contributed by atoms with Gasteiger partial charge in [-0.3, -0.25) is 19.7 Å². The van der Waals surface area contributed by atoms with E-state index in [1.807, 2.05) is 76.2 Å². The standard InChI is InChI=1S/C43H55Cl2N5O4/c1-8-54-36-26-37(41(2,3)4)46-27-35(36)39-47-42(5,31-9-13-33(44)14-10-31)43(6,32-11-15-34(45)16-12-32)50(39)40(52)49-23-17-29(18-24-49)25-38(51)48-21-19-30(20-22-48)28-53-7/h9-16,26-27,29-30H,8,17-25,28H2,1-7H3/t42-,43+/m0/s1. The van der Waals surface area contributed by atoms with E-state index < -0.39 is 11.1 Å². The molecule has 290 valence electrons. The zero-order valence-corrected chi connectivity index (χ0v) is 34.3. The number of benzene rings is 2. The third kappa shape index (κ3) is 7.87. The Hall–Kier alpha value is -3.66. The predicted molar refractivity (Wildman–Crippen MR) is 216 cm³/mol. The van der Waals surface area contributed by atoms with E-state index in [4.69, 9.17) is 42.7 Å². The molecule has 1 aromatic heterocycles. The van der Waals surface area contributed by atoms with Crippen LogP contribution in [0, 0.1) is 11.8 Å². The van der Waals surface area contributed by atoms with E-state index in [1.165, 1.54) is 0 Å². The molecule has 2 aromatic carbocycles. The van der Waals surface area contributed by atoms with E-state index in [1.54, 1.807) is 13.3 Å². The number of piperidine rings is 2. The molecule has 0 radical (unpaired) electrons. The number of halogens is 2. The largest absolute Gasteiger partial charge is 0.493 e. The van der Waals surface area contributed by atoms with Gasteiger partial charge in [0.1, 0.15) is 22.7 Å². The number of carbonyl (C=O) groups is 2. The van der Waals surface area contributed by atoms with Gasteiger partial charge in [0.2, 0.25) is 5.91 Å². The molecule has 11 heteroatoms. The van der Waals surface area contributed by atoms with Crippen LogP contribution >= 0.6 is 23.2 Å². The van der Waals surface area contributed by atoms with Crippen molar-refractivity contribution in [3.63, 3.8) is 0 Å². The second-order valence-corrected chi connectivity index (χ2v) is 17.2. The lowest BCUT2D eigenvalue weighted by molar-refractivity contribution is -0.134.